The normalized spacial score (nSPS) is 23.8. The number of hydrogen-bond acceptors (Lipinski definition) is 6. The van der Waals surface area contributed by atoms with Crippen LogP contribution in [-0.2, 0) is 23.9 Å². The molecule has 0 radical (unpaired) electrons. The van der Waals surface area contributed by atoms with E-state index in [0.717, 1.165) is 4.90 Å². The van der Waals surface area contributed by atoms with Crippen molar-refractivity contribution < 1.29 is 29.0 Å². The Morgan fingerprint density at radius 2 is 1.62 bits per heavy atom. The third-order valence-electron chi connectivity index (χ3n) is 3.77. The first-order valence-corrected chi connectivity index (χ1v) is 7.20. The molecule has 1 rings (SSSR count). The van der Waals surface area contributed by atoms with Crippen LogP contribution in [0.4, 0.5) is 0 Å². The molecule has 1 aliphatic rings. The molecule has 1 heterocycles. The SMILES string of the molecule is CCOC(=O)C1(C(=O)OCC)[C@@H](CC)CC(O)N1C(C)=O. The van der Waals surface area contributed by atoms with Crippen molar-refractivity contribution in [2.24, 2.45) is 5.92 Å². The molecule has 0 aliphatic carbocycles. The Balaban J connectivity index is 3.43. The van der Waals surface area contributed by atoms with Gasteiger partial charge in [0.25, 0.3) is 0 Å². The molecule has 0 bridgehead atoms. The number of ether oxygens (including phenoxy) is 2. The van der Waals surface area contributed by atoms with Gasteiger partial charge < -0.3 is 14.6 Å². The van der Waals surface area contributed by atoms with Crippen LogP contribution in [0.25, 0.3) is 0 Å². The van der Waals surface area contributed by atoms with Crippen LogP contribution in [0.1, 0.15) is 40.5 Å². The van der Waals surface area contributed by atoms with Crippen LogP contribution < -0.4 is 0 Å². The van der Waals surface area contributed by atoms with Crippen LogP contribution in [0.2, 0.25) is 0 Å². The third-order valence-corrected chi connectivity index (χ3v) is 3.77. The Hall–Kier alpha value is -1.63. The van der Waals surface area contributed by atoms with Gasteiger partial charge >= 0.3 is 11.9 Å². The lowest BCUT2D eigenvalue weighted by molar-refractivity contribution is -0.184. The molecule has 1 aliphatic heterocycles. The van der Waals surface area contributed by atoms with E-state index in [2.05, 4.69) is 0 Å². The van der Waals surface area contributed by atoms with Gasteiger partial charge in [0.05, 0.1) is 13.2 Å². The molecule has 120 valence electrons. The van der Waals surface area contributed by atoms with Gasteiger partial charge in [-0.25, -0.2) is 9.59 Å². The van der Waals surface area contributed by atoms with Crippen LogP contribution in [0, 0.1) is 5.92 Å². The first-order chi connectivity index (χ1) is 9.87. The van der Waals surface area contributed by atoms with Crippen molar-refractivity contribution in [3.05, 3.63) is 0 Å². The highest BCUT2D eigenvalue weighted by atomic mass is 16.6. The highest BCUT2D eigenvalue weighted by Gasteiger charge is 2.65. The number of rotatable bonds is 5. The van der Waals surface area contributed by atoms with E-state index in [1.165, 1.54) is 6.92 Å². The van der Waals surface area contributed by atoms with Crippen molar-refractivity contribution in [2.45, 2.75) is 52.3 Å². The van der Waals surface area contributed by atoms with Gasteiger partial charge in [0.2, 0.25) is 11.4 Å². The molecule has 2 atom stereocenters. The first kappa shape index (κ1) is 17.4. The topological polar surface area (TPSA) is 93.1 Å². The van der Waals surface area contributed by atoms with E-state index in [1.807, 2.05) is 0 Å². The van der Waals surface area contributed by atoms with E-state index in [0.29, 0.717) is 6.42 Å². The standard InChI is InChI=1S/C14H23NO6/c1-5-10-8-11(17)15(9(4)16)14(10,12(18)20-6-2)13(19)21-7-3/h10-11,17H,5-8H2,1-4H3/t10-,11?/m0/s1. The predicted molar refractivity (Wildman–Crippen MR) is 72.9 cm³/mol. The van der Waals surface area contributed by atoms with Crippen molar-refractivity contribution in [1.29, 1.82) is 0 Å². The van der Waals surface area contributed by atoms with Crippen LogP contribution >= 0.6 is 0 Å². The highest BCUT2D eigenvalue weighted by molar-refractivity contribution is 6.08. The van der Waals surface area contributed by atoms with Gasteiger partial charge in [-0.3, -0.25) is 9.69 Å². The molecule has 0 aromatic rings. The molecule has 0 aromatic carbocycles. The average Bonchev–Trinajstić information content (AvgIpc) is 2.72. The zero-order chi connectivity index (χ0) is 16.2. The lowest BCUT2D eigenvalue weighted by Crippen LogP contribution is -2.64. The third kappa shape index (κ3) is 2.74. The fourth-order valence-electron chi connectivity index (χ4n) is 2.98. The maximum atomic E-state index is 12.5. The van der Waals surface area contributed by atoms with E-state index in [9.17, 15) is 19.5 Å². The van der Waals surface area contributed by atoms with Crippen LogP contribution in [0.15, 0.2) is 0 Å². The quantitative estimate of drug-likeness (QED) is 0.585. The van der Waals surface area contributed by atoms with Gasteiger partial charge in [0.1, 0.15) is 6.23 Å². The van der Waals surface area contributed by atoms with Crippen molar-refractivity contribution in [3.8, 4) is 0 Å². The monoisotopic (exact) mass is 301 g/mol. The molecule has 1 fully saturated rings. The Labute approximate surface area is 124 Å². The summed E-state index contributed by atoms with van der Waals surface area (Å²) in [4.78, 5) is 37.8. The van der Waals surface area contributed by atoms with Crippen molar-refractivity contribution in [3.63, 3.8) is 0 Å². The van der Waals surface area contributed by atoms with Crippen LogP contribution in [-0.4, -0.2) is 52.8 Å². The number of carbonyl (C=O) groups excluding carboxylic acids is 3. The van der Waals surface area contributed by atoms with E-state index >= 15 is 0 Å². The lowest BCUT2D eigenvalue weighted by Gasteiger charge is -2.37. The Morgan fingerprint density at radius 3 is 1.95 bits per heavy atom. The van der Waals surface area contributed by atoms with E-state index in [-0.39, 0.29) is 19.6 Å². The largest absolute Gasteiger partial charge is 0.464 e. The number of likely N-dealkylation sites (tertiary alicyclic amines) is 1. The number of aliphatic hydroxyl groups excluding tert-OH is 1. The van der Waals surface area contributed by atoms with Gasteiger partial charge in [-0.15, -0.1) is 0 Å². The fraction of sp³-hybridized carbons (Fsp3) is 0.786. The Bertz CT molecular complexity index is 404. The maximum absolute atomic E-state index is 12.5. The minimum atomic E-state index is -1.90. The lowest BCUT2D eigenvalue weighted by atomic mass is 9.82. The summed E-state index contributed by atoms with van der Waals surface area (Å²) in [6.45, 7) is 6.35. The Morgan fingerprint density at radius 1 is 1.14 bits per heavy atom. The molecule has 1 saturated heterocycles. The fourth-order valence-corrected chi connectivity index (χ4v) is 2.98. The van der Waals surface area contributed by atoms with Gasteiger partial charge in [-0.2, -0.15) is 0 Å². The zero-order valence-corrected chi connectivity index (χ0v) is 12.9. The predicted octanol–water partition coefficient (Wildman–Crippen LogP) is 0.448. The summed E-state index contributed by atoms with van der Waals surface area (Å²) in [5, 5.41) is 10.1. The van der Waals surface area contributed by atoms with Crippen LogP contribution in [0.3, 0.4) is 0 Å². The van der Waals surface area contributed by atoms with Crippen molar-refractivity contribution >= 4 is 17.8 Å². The van der Waals surface area contributed by atoms with Gasteiger partial charge in [0, 0.05) is 12.8 Å². The second kappa shape index (κ2) is 6.89. The molecule has 1 unspecified atom stereocenters. The van der Waals surface area contributed by atoms with Gasteiger partial charge in [-0.1, -0.05) is 6.92 Å². The minimum Gasteiger partial charge on any atom is -0.464 e. The number of amides is 1. The summed E-state index contributed by atoms with van der Waals surface area (Å²) < 4.78 is 10.0. The minimum absolute atomic E-state index is 0.0677. The van der Waals surface area contributed by atoms with E-state index < -0.39 is 35.5 Å². The van der Waals surface area contributed by atoms with Crippen LogP contribution in [0.5, 0.6) is 0 Å². The number of nitrogens with zero attached hydrogens (tertiary/aromatic N) is 1. The first-order valence-electron chi connectivity index (χ1n) is 7.20. The van der Waals surface area contributed by atoms with Gasteiger partial charge in [-0.05, 0) is 26.7 Å². The van der Waals surface area contributed by atoms with E-state index in [1.54, 1.807) is 20.8 Å². The second-order valence-electron chi connectivity index (χ2n) is 4.92. The zero-order valence-electron chi connectivity index (χ0n) is 12.9. The highest BCUT2D eigenvalue weighted by Crippen LogP contribution is 2.42. The molecule has 1 N–H and O–H groups in total. The number of aliphatic hydroxyl groups is 1. The molecule has 0 saturated carbocycles. The van der Waals surface area contributed by atoms with Crippen molar-refractivity contribution in [2.75, 3.05) is 13.2 Å². The summed E-state index contributed by atoms with van der Waals surface area (Å²) in [6.07, 6.45) is -0.645. The number of esters is 2. The molecule has 7 heteroatoms. The molecule has 0 spiro atoms. The summed E-state index contributed by atoms with van der Waals surface area (Å²) in [5.41, 5.74) is -1.90. The van der Waals surface area contributed by atoms with Gasteiger partial charge in [0.15, 0.2) is 0 Å². The number of hydrogen-bond donors (Lipinski definition) is 1. The molecule has 7 nitrogen and oxygen atoms in total. The Kier molecular flexibility index (Phi) is 5.71. The molecule has 21 heavy (non-hydrogen) atoms. The number of carbonyl (C=O) groups is 3. The summed E-state index contributed by atoms with van der Waals surface area (Å²) in [5.74, 6) is -2.81. The molecule has 1 amide bonds. The molecule has 0 aromatic heterocycles. The van der Waals surface area contributed by atoms with Crippen molar-refractivity contribution in [1.82, 2.24) is 4.90 Å². The van der Waals surface area contributed by atoms with E-state index in [4.69, 9.17) is 9.47 Å². The smallest absolute Gasteiger partial charge is 0.344 e. The maximum Gasteiger partial charge on any atom is 0.344 e. The summed E-state index contributed by atoms with van der Waals surface area (Å²) >= 11 is 0. The molecular formula is C14H23NO6. The summed E-state index contributed by atoms with van der Waals surface area (Å²) in [7, 11) is 0. The summed E-state index contributed by atoms with van der Waals surface area (Å²) in [6, 6.07) is 0. The average molecular weight is 301 g/mol. The molecular weight excluding hydrogens is 278 g/mol. The second-order valence-corrected chi connectivity index (χ2v) is 4.92.